The Bertz CT molecular complexity index is 385. The number of aliphatic hydroxyl groups is 1. The lowest BCUT2D eigenvalue weighted by molar-refractivity contribution is 0.116. The molecule has 2 N–H and O–H groups in total. The van der Waals surface area contributed by atoms with Crippen molar-refractivity contribution < 1.29 is 5.11 Å². The molecular weight excluding hydrogens is 346 g/mol. The van der Waals surface area contributed by atoms with Gasteiger partial charge in [-0.25, -0.2) is 0 Å². The van der Waals surface area contributed by atoms with Gasteiger partial charge in [0.2, 0.25) is 0 Å². The topological polar surface area (TPSA) is 32.3 Å². The fraction of sp³-hybridized carbons (Fsp3) is 0.538. The first-order chi connectivity index (χ1) is 8.08. The van der Waals surface area contributed by atoms with E-state index in [0.29, 0.717) is 0 Å². The molecule has 4 heteroatoms. The molecule has 0 amide bonds. The molecule has 0 spiro atoms. The average Bonchev–Trinajstić information content (AvgIpc) is 2.25. The molecule has 1 aliphatic carbocycles. The highest BCUT2D eigenvalue weighted by Gasteiger charge is 2.23. The van der Waals surface area contributed by atoms with Crippen molar-refractivity contribution in [3.8, 4) is 0 Å². The van der Waals surface area contributed by atoms with Crippen molar-refractivity contribution in [3.05, 3.63) is 26.6 Å². The summed E-state index contributed by atoms with van der Waals surface area (Å²) < 4.78 is 2.09. The number of benzene rings is 1. The van der Waals surface area contributed by atoms with E-state index in [2.05, 4.69) is 56.2 Å². The van der Waals surface area contributed by atoms with Gasteiger partial charge in [-0.05, 0) is 69.3 Å². The zero-order valence-corrected chi connectivity index (χ0v) is 13.0. The van der Waals surface area contributed by atoms with Crippen LogP contribution in [0, 0.1) is 6.92 Å². The Morgan fingerprint density at radius 1 is 1.18 bits per heavy atom. The first kappa shape index (κ1) is 13.4. The van der Waals surface area contributed by atoms with Crippen LogP contribution in [0.2, 0.25) is 0 Å². The van der Waals surface area contributed by atoms with Gasteiger partial charge in [-0.3, -0.25) is 0 Å². The molecule has 2 unspecified atom stereocenters. The minimum absolute atomic E-state index is 0.166. The summed E-state index contributed by atoms with van der Waals surface area (Å²) in [4.78, 5) is 0. The molecule has 1 aromatic carbocycles. The molecule has 1 aliphatic rings. The maximum atomic E-state index is 9.97. The highest BCUT2D eigenvalue weighted by molar-refractivity contribution is 9.11. The van der Waals surface area contributed by atoms with Crippen molar-refractivity contribution in [2.75, 3.05) is 5.32 Å². The predicted molar refractivity (Wildman–Crippen MR) is 78.5 cm³/mol. The summed E-state index contributed by atoms with van der Waals surface area (Å²) in [6.07, 6.45) is 4.03. The van der Waals surface area contributed by atoms with Crippen LogP contribution in [0.5, 0.6) is 0 Å². The van der Waals surface area contributed by atoms with E-state index in [4.69, 9.17) is 0 Å². The lowest BCUT2D eigenvalue weighted by Gasteiger charge is -2.30. The van der Waals surface area contributed by atoms with Crippen LogP contribution >= 0.6 is 31.9 Å². The smallest absolute Gasteiger partial charge is 0.0741 e. The number of hydrogen-bond acceptors (Lipinski definition) is 2. The van der Waals surface area contributed by atoms with Gasteiger partial charge in [0, 0.05) is 8.95 Å². The van der Waals surface area contributed by atoms with E-state index in [1.807, 2.05) is 0 Å². The quantitative estimate of drug-likeness (QED) is 0.824. The van der Waals surface area contributed by atoms with Gasteiger partial charge in [0.1, 0.15) is 0 Å². The molecule has 17 heavy (non-hydrogen) atoms. The number of aliphatic hydroxyl groups excluding tert-OH is 1. The second kappa shape index (κ2) is 5.72. The van der Waals surface area contributed by atoms with Crippen LogP contribution in [-0.4, -0.2) is 17.3 Å². The second-order valence-corrected chi connectivity index (χ2v) is 6.41. The summed E-state index contributed by atoms with van der Waals surface area (Å²) in [6, 6.07) is 4.34. The Morgan fingerprint density at radius 3 is 2.35 bits per heavy atom. The lowest BCUT2D eigenvalue weighted by atomic mass is 9.92. The molecule has 0 bridgehead atoms. The number of nitrogens with one attached hydrogen (secondary N) is 1. The number of anilines is 1. The van der Waals surface area contributed by atoms with Crippen LogP contribution in [-0.2, 0) is 0 Å². The number of halogens is 2. The zero-order valence-electron chi connectivity index (χ0n) is 9.84. The first-order valence-corrected chi connectivity index (χ1v) is 7.57. The summed E-state index contributed by atoms with van der Waals surface area (Å²) in [5.41, 5.74) is 2.25. The fourth-order valence-corrected chi connectivity index (χ4v) is 3.95. The molecule has 1 fully saturated rings. The van der Waals surface area contributed by atoms with Crippen LogP contribution in [0.15, 0.2) is 21.1 Å². The Balaban J connectivity index is 2.17. The van der Waals surface area contributed by atoms with E-state index >= 15 is 0 Å². The van der Waals surface area contributed by atoms with Crippen LogP contribution in [0.3, 0.4) is 0 Å². The third kappa shape index (κ3) is 3.24. The van der Waals surface area contributed by atoms with E-state index in [0.717, 1.165) is 33.9 Å². The Labute approximate surface area is 119 Å². The molecular formula is C13H17Br2NO. The molecule has 2 atom stereocenters. The van der Waals surface area contributed by atoms with Crippen molar-refractivity contribution in [2.24, 2.45) is 0 Å². The summed E-state index contributed by atoms with van der Waals surface area (Å²) in [6.45, 7) is 2.06. The lowest BCUT2D eigenvalue weighted by Crippen LogP contribution is -2.36. The first-order valence-electron chi connectivity index (χ1n) is 5.98. The Kier molecular flexibility index (Phi) is 4.50. The molecule has 2 rings (SSSR count). The second-order valence-electron chi connectivity index (χ2n) is 4.71. The van der Waals surface area contributed by atoms with Gasteiger partial charge in [-0.2, -0.15) is 0 Å². The van der Waals surface area contributed by atoms with Crippen LogP contribution in [0.4, 0.5) is 5.69 Å². The van der Waals surface area contributed by atoms with E-state index in [9.17, 15) is 5.11 Å². The Hall–Kier alpha value is -0.0600. The minimum atomic E-state index is -0.233. The fourth-order valence-electron chi connectivity index (χ4n) is 2.30. The number of aryl methyl sites for hydroxylation is 1. The highest BCUT2D eigenvalue weighted by atomic mass is 79.9. The third-order valence-corrected chi connectivity index (χ3v) is 4.50. The predicted octanol–water partition coefficient (Wildman–Crippen LogP) is 4.24. The average molecular weight is 363 g/mol. The van der Waals surface area contributed by atoms with Gasteiger partial charge >= 0.3 is 0 Å². The number of hydrogen-bond donors (Lipinski definition) is 2. The highest BCUT2D eigenvalue weighted by Crippen LogP contribution is 2.34. The van der Waals surface area contributed by atoms with Gasteiger partial charge < -0.3 is 10.4 Å². The molecule has 0 saturated heterocycles. The molecule has 1 saturated carbocycles. The molecule has 94 valence electrons. The summed E-state index contributed by atoms with van der Waals surface area (Å²) >= 11 is 7.14. The molecule has 0 radical (unpaired) electrons. The van der Waals surface area contributed by atoms with E-state index < -0.39 is 0 Å². The summed E-state index contributed by atoms with van der Waals surface area (Å²) in [5.74, 6) is 0. The van der Waals surface area contributed by atoms with Crippen molar-refractivity contribution >= 4 is 37.5 Å². The third-order valence-electron chi connectivity index (χ3n) is 3.25. The minimum Gasteiger partial charge on any atom is -0.391 e. The summed E-state index contributed by atoms with van der Waals surface area (Å²) in [7, 11) is 0. The van der Waals surface area contributed by atoms with Crippen LogP contribution in [0.25, 0.3) is 0 Å². The maximum absolute atomic E-state index is 9.97. The maximum Gasteiger partial charge on any atom is 0.0741 e. The number of rotatable bonds is 2. The molecule has 1 aromatic rings. The van der Waals surface area contributed by atoms with E-state index in [1.165, 1.54) is 12.0 Å². The zero-order chi connectivity index (χ0) is 12.4. The van der Waals surface area contributed by atoms with Gasteiger partial charge in [-0.1, -0.05) is 12.8 Å². The van der Waals surface area contributed by atoms with E-state index in [1.54, 1.807) is 0 Å². The van der Waals surface area contributed by atoms with E-state index in [-0.39, 0.29) is 12.1 Å². The van der Waals surface area contributed by atoms with Gasteiger partial charge in [0.05, 0.1) is 17.8 Å². The SMILES string of the molecule is Cc1cc(Br)c(NC2CCCCC2O)c(Br)c1. The van der Waals surface area contributed by atoms with Crippen molar-refractivity contribution in [1.29, 1.82) is 0 Å². The molecule has 2 nitrogen and oxygen atoms in total. The molecule has 0 heterocycles. The van der Waals surface area contributed by atoms with Gasteiger partial charge in [0.25, 0.3) is 0 Å². The molecule has 0 aromatic heterocycles. The van der Waals surface area contributed by atoms with Crippen molar-refractivity contribution in [2.45, 2.75) is 44.8 Å². The van der Waals surface area contributed by atoms with Crippen LogP contribution < -0.4 is 5.32 Å². The largest absolute Gasteiger partial charge is 0.391 e. The van der Waals surface area contributed by atoms with Gasteiger partial charge in [0.15, 0.2) is 0 Å². The Morgan fingerprint density at radius 2 is 1.76 bits per heavy atom. The van der Waals surface area contributed by atoms with Crippen molar-refractivity contribution in [3.63, 3.8) is 0 Å². The molecule has 0 aliphatic heterocycles. The standard InChI is InChI=1S/C13H17Br2NO/c1-8-6-9(14)13(10(15)7-8)16-11-4-2-3-5-12(11)17/h6-7,11-12,16-17H,2-5H2,1H3. The monoisotopic (exact) mass is 361 g/mol. The van der Waals surface area contributed by atoms with Gasteiger partial charge in [-0.15, -0.1) is 0 Å². The normalized spacial score (nSPS) is 24.7. The van der Waals surface area contributed by atoms with Crippen LogP contribution in [0.1, 0.15) is 31.2 Å². The van der Waals surface area contributed by atoms with Crippen molar-refractivity contribution in [1.82, 2.24) is 0 Å². The summed E-state index contributed by atoms with van der Waals surface area (Å²) in [5, 5.41) is 13.4.